The molecule has 3 N–H and O–H groups in total. The molecule has 0 aliphatic rings. The zero-order chi connectivity index (χ0) is 12.3. The SMILES string of the molecule is Cc1cccc(CC(O)c2ccccc2N)c1. The third-order valence-corrected chi connectivity index (χ3v) is 2.87. The maximum absolute atomic E-state index is 10.2. The van der Waals surface area contributed by atoms with Crippen LogP contribution in [0, 0.1) is 6.92 Å². The molecule has 2 heteroatoms. The zero-order valence-electron chi connectivity index (χ0n) is 9.93. The normalized spacial score (nSPS) is 12.4. The van der Waals surface area contributed by atoms with Crippen LogP contribution in [0.4, 0.5) is 5.69 Å². The third kappa shape index (κ3) is 2.86. The van der Waals surface area contributed by atoms with Crippen LogP contribution in [-0.4, -0.2) is 5.11 Å². The fourth-order valence-electron chi connectivity index (χ4n) is 1.99. The molecule has 2 aromatic carbocycles. The summed E-state index contributed by atoms with van der Waals surface area (Å²) in [7, 11) is 0. The van der Waals surface area contributed by atoms with Crippen molar-refractivity contribution in [1.29, 1.82) is 0 Å². The first-order chi connectivity index (χ1) is 8.16. The Morgan fingerprint density at radius 1 is 1.12 bits per heavy atom. The first kappa shape index (κ1) is 11.7. The van der Waals surface area contributed by atoms with Crippen LogP contribution in [-0.2, 0) is 6.42 Å². The van der Waals surface area contributed by atoms with Gasteiger partial charge in [0, 0.05) is 17.7 Å². The van der Waals surface area contributed by atoms with Gasteiger partial charge in [-0.25, -0.2) is 0 Å². The minimum atomic E-state index is -0.544. The van der Waals surface area contributed by atoms with Crippen LogP contribution in [0.2, 0.25) is 0 Å². The highest BCUT2D eigenvalue weighted by atomic mass is 16.3. The molecule has 2 aromatic rings. The number of aryl methyl sites for hydroxylation is 1. The molecule has 0 aliphatic heterocycles. The van der Waals surface area contributed by atoms with Gasteiger partial charge in [-0.15, -0.1) is 0 Å². The van der Waals surface area contributed by atoms with E-state index in [1.165, 1.54) is 5.56 Å². The summed E-state index contributed by atoms with van der Waals surface area (Å²) in [6.07, 6.45) is 0.0496. The molecule has 0 amide bonds. The predicted octanol–water partition coefficient (Wildman–Crippen LogP) is 2.85. The number of anilines is 1. The average molecular weight is 227 g/mol. The Hall–Kier alpha value is -1.80. The Balaban J connectivity index is 2.17. The van der Waals surface area contributed by atoms with Crippen molar-refractivity contribution in [1.82, 2.24) is 0 Å². The standard InChI is InChI=1S/C15H17NO/c1-11-5-4-6-12(9-11)10-15(17)13-7-2-3-8-14(13)16/h2-9,15,17H,10,16H2,1H3. The molecule has 2 nitrogen and oxygen atoms in total. The lowest BCUT2D eigenvalue weighted by atomic mass is 9.99. The Morgan fingerprint density at radius 2 is 1.88 bits per heavy atom. The number of nitrogen functional groups attached to an aromatic ring is 1. The van der Waals surface area contributed by atoms with E-state index in [-0.39, 0.29) is 0 Å². The van der Waals surface area contributed by atoms with E-state index in [0.717, 1.165) is 11.1 Å². The first-order valence-electron chi connectivity index (χ1n) is 5.75. The number of nitrogens with two attached hydrogens (primary N) is 1. The van der Waals surface area contributed by atoms with Gasteiger partial charge in [0.25, 0.3) is 0 Å². The molecule has 0 saturated carbocycles. The fourth-order valence-corrected chi connectivity index (χ4v) is 1.99. The van der Waals surface area contributed by atoms with Gasteiger partial charge in [0.15, 0.2) is 0 Å². The van der Waals surface area contributed by atoms with Crippen molar-refractivity contribution >= 4 is 5.69 Å². The van der Waals surface area contributed by atoms with Crippen molar-refractivity contribution < 1.29 is 5.11 Å². The maximum Gasteiger partial charge on any atom is 0.0850 e. The van der Waals surface area contributed by atoms with E-state index in [9.17, 15) is 5.11 Å². The zero-order valence-corrected chi connectivity index (χ0v) is 9.93. The van der Waals surface area contributed by atoms with E-state index in [2.05, 4.69) is 6.07 Å². The van der Waals surface area contributed by atoms with Crippen LogP contribution < -0.4 is 5.73 Å². The lowest BCUT2D eigenvalue weighted by Crippen LogP contribution is -2.05. The molecule has 88 valence electrons. The highest BCUT2D eigenvalue weighted by molar-refractivity contribution is 5.48. The molecule has 0 radical (unpaired) electrons. The van der Waals surface area contributed by atoms with Crippen LogP contribution in [0.3, 0.4) is 0 Å². The van der Waals surface area contributed by atoms with E-state index in [1.54, 1.807) is 0 Å². The number of aliphatic hydroxyl groups is 1. The molecule has 2 rings (SSSR count). The van der Waals surface area contributed by atoms with Crippen LogP contribution >= 0.6 is 0 Å². The molecule has 17 heavy (non-hydrogen) atoms. The Morgan fingerprint density at radius 3 is 2.59 bits per heavy atom. The number of hydrogen-bond donors (Lipinski definition) is 2. The van der Waals surface area contributed by atoms with Gasteiger partial charge in [-0.2, -0.15) is 0 Å². The van der Waals surface area contributed by atoms with Crippen LogP contribution in [0.25, 0.3) is 0 Å². The summed E-state index contributed by atoms with van der Waals surface area (Å²) < 4.78 is 0. The number of hydrogen-bond acceptors (Lipinski definition) is 2. The molecule has 0 fully saturated rings. The van der Waals surface area contributed by atoms with Gasteiger partial charge in [-0.1, -0.05) is 48.0 Å². The maximum atomic E-state index is 10.2. The van der Waals surface area contributed by atoms with Crippen molar-refractivity contribution in [3.8, 4) is 0 Å². The summed E-state index contributed by atoms with van der Waals surface area (Å²) in [6.45, 7) is 2.05. The van der Waals surface area contributed by atoms with Gasteiger partial charge >= 0.3 is 0 Å². The van der Waals surface area contributed by atoms with E-state index >= 15 is 0 Å². The summed E-state index contributed by atoms with van der Waals surface area (Å²) in [5, 5.41) is 10.2. The van der Waals surface area contributed by atoms with E-state index in [1.807, 2.05) is 49.4 Å². The largest absolute Gasteiger partial charge is 0.398 e. The second-order valence-corrected chi connectivity index (χ2v) is 4.34. The summed E-state index contributed by atoms with van der Waals surface area (Å²) in [6, 6.07) is 15.6. The molecule has 1 unspecified atom stereocenters. The highest BCUT2D eigenvalue weighted by Crippen LogP contribution is 2.23. The molecule has 0 spiro atoms. The van der Waals surface area contributed by atoms with Gasteiger partial charge in [0.1, 0.15) is 0 Å². The summed E-state index contributed by atoms with van der Waals surface area (Å²) >= 11 is 0. The predicted molar refractivity (Wildman–Crippen MR) is 70.7 cm³/mol. The van der Waals surface area contributed by atoms with E-state index in [4.69, 9.17) is 5.73 Å². The minimum Gasteiger partial charge on any atom is -0.398 e. The van der Waals surface area contributed by atoms with Crippen LogP contribution in [0.15, 0.2) is 48.5 Å². The van der Waals surface area contributed by atoms with Gasteiger partial charge < -0.3 is 10.8 Å². The summed E-state index contributed by atoms with van der Waals surface area (Å²) in [4.78, 5) is 0. The molecule has 0 aliphatic carbocycles. The van der Waals surface area contributed by atoms with Crippen molar-refractivity contribution in [2.75, 3.05) is 5.73 Å². The Bertz CT molecular complexity index is 508. The van der Waals surface area contributed by atoms with Gasteiger partial charge in [-0.05, 0) is 18.6 Å². The molecule has 1 atom stereocenters. The van der Waals surface area contributed by atoms with Crippen molar-refractivity contribution in [2.24, 2.45) is 0 Å². The monoisotopic (exact) mass is 227 g/mol. The van der Waals surface area contributed by atoms with E-state index < -0.39 is 6.10 Å². The number of rotatable bonds is 3. The second-order valence-electron chi connectivity index (χ2n) is 4.34. The van der Waals surface area contributed by atoms with Crippen molar-refractivity contribution in [3.05, 3.63) is 65.2 Å². The summed E-state index contributed by atoms with van der Waals surface area (Å²) in [5.41, 5.74) is 9.62. The topological polar surface area (TPSA) is 46.2 Å². The first-order valence-corrected chi connectivity index (χ1v) is 5.75. The summed E-state index contributed by atoms with van der Waals surface area (Å²) in [5.74, 6) is 0. The van der Waals surface area contributed by atoms with Crippen LogP contribution in [0.1, 0.15) is 22.8 Å². The minimum absolute atomic E-state index is 0.544. The lowest BCUT2D eigenvalue weighted by Gasteiger charge is -2.13. The quantitative estimate of drug-likeness (QED) is 0.792. The average Bonchev–Trinajstić information content (AvgIpc) is 2.29. The molecule has 0 heterocycles. The fraction of sp³-hybridized carbons (Fsp3) is 0.200. The number of aliphatic hydroxyl groups excluding tert-OH is 1. The molecule has 0 saturated heterocycles. The second kappa shape index (κ2) is 5.02. The van der Waals surface area contributed by atoms with Crippen molar-refractivity contribution in [2.45, 2.75) is 19.4 Å². The lowest BCUT2D eigenvalue weighted by molar-refractivity contribution is 0.179. The molecular formula is C15H17NO. The van der Waals surface area contributed by atoms with Gasteiger partial charge in [0.05, 0.1) is 6.10 Å². The number of para-hydroxylation sites is 1. The van der Waals surface area contributed by atoms with Gasteiger partial charge in [-0.3, -0.25) is 0 Å². The number of benzene rings is 2. The third-order valence-electron chi connectivity index (χ3n) is 2.87. The Labute approximate surface area is 102 Å². The molecule has 0 aromatic heterocycles. The molecule has 0 bridgehead atoms. The van der Waals surface area contributed by atoms with Crippen LogP contribution in [0.5, 0.6) is 0 Å². The molecular weight excluding hydrogens is 210 g/mol. The Kier molecular flexibility index (Phi) is 3.45. The smallest absolute Gasteiger partial charge is 0.0850 e. The highest BCUT2D eigenvalue weighted by Gasteiger charge is 2.11. The van der Waals surface area contributed by atoms with Gasteiger partial charge in [0.2, 0.25) is 0 Å². The van der Waals surface area contributed by atoms with Crippen molar-refractivity contribution in [3.63, 3.8) is 0 Å². The van der Waals surface area contributed by atoms with E-state index in [0.29, 0.717) is 12.1 Å².